The molecule has 1 aromatic carbocycles. The molecule has 0 radical (unpaired) electrons. The first-order chi connectivity index (χ1) is 14.0. The van der Waals surface area contributed by atoms with Gasteiger partial charge in [-0.3, -0.25) is 14.5 Å². The topological polar surface area (TPSA) is 68.8 Å². The molecular weight excluding hydrogens is 366 g/mol. The summed E-state index contributed by atoms with van der Waals surface area (Å²) in [5, 5.41) is 2.83. The van der Waals surface area contributed by atoms with E-state index in [-0.39, 0.29) is 11.8 Å². The lowest BCUT2D eigenvalue weighted by atomic mass is 10.1. The second-order valence-electron chi connectivity index (χ2n) is 7.55. The van der Waals surface area contributed by atoms with Crippen LogP contribution in [0.1, 0.15) is 22.8 Å². The number of pyridine rings is 1. The molecule has 1 aliphatic rings. The molecule has 2 aromatic rings. The van der Waals surface area contributed by atoms with Crippen molar-refractivity contribution in [3.8, 4) is 0 Å². The molecule has 2 amide bonds. The van der Waals surface area contributed by atoms with Crippen LogP contribution in [-0.2, 0) is 11.3 Å². The third-order valence-corrected chi connectivity index (χ3v) is 5.11. The zero-order valence-electron chi connectivity index (χ0n) is 17.3. The van der Waals surface area contributed by atoms with Crippen molar-refractivity contribution in [1.29, 1.82) is 0 Å². The largest absolute Gasteiger partial charge is 0.362 e. The molecule has 1 N–H and O–H groups in total. The maximum Gasteiger partial charge on any atom is 0.255 e. The summed E-state index contributed by atoms with van der Waals surface area (Å²) in [4.78, 5) is 35.7. The fourth-order valence-electron chi connectivity index (χ4n) is 3.51. The van der Waals surface area contributed by atoms with E-state index in [0.29, 0.717) is 24.5 Å². The number of anilines is 1. The molecule has 3 rings (SSSR count). The van der Waals surface area contributed by atoms with Crippen LogP contribution < -0.4 is 10.2 Å². The van der Waals surface area contributed by atoms with Crippen LogP contribution in [0.15, 0.2) is 48.7 Å². The van der Waals surface area contributed by atoms with Gasteiger partial charge in [-0.25, -0.2) is 4.98 Å². The number of carbonyl (C=O) groups is 2. The van der Waals surface area contributed by atoms with E-state index < -0.39 is 6.04 Å². The van der Waals surface area contributed by atoms with Gasteiger partial charge in [-0.05, 0) is 24.6 Å². The van der Waals surface area contributed by atoms with Crippen LogP contribution in [0.2, 0.25) is 0 Å². The van der Waals surface area contributed by atoms with E-state index in [2.05, 4.69) is 27.3 Å². The minimum atomic E-state index is -0.585. The van der Waals surface area contributed by atoms with Gasteiger partial charge in [0.25, 0.3) is 5.91 Å². The molecule has 0 bridgehead atoms. The molecule has 1 aliphatic heterocycles. The lowest BCUT2D eigenvalue weighted by molar-refractivity contribution is -0.134. The molecule has 1 aromatic heterocycles. The lowest BCUT2D eigenvalue weighted by Crippen LogP contribution is -2.54. The van der Waals surface area contributed by atoms with E-state index in [1.54, 1.807) is 30.2 Å². The Morgan fingerprint density at radius 2 is 1.76 bits per heavy atom. The third-order valence-electron chi connectivity index (χ3n) is 5.11. The van der Waals surface area contributed by atoms with E-state index in [4.69, 9.17) is 0 Å². The molecule has 0 saturated carbocycles. The van der Waals surface area contributed by atoms with E-state index in [9.17, 15) is 9.59 Å². The smallest absolute Gasteiger partial charge is 0.255 e. The SMILES string of the molecule is C[C@H](NC(=O)c1cccnc1N(C)C)C(=O)N1CCN(Cc2ccccc2)CC1. The second-order valence-corrected chi connectivity index (χ2v) is 7.55. The quantitative estimate of drug-likeness (QED) is 0.805. The molecule has 1 atom stereocenters. The number of amides is 2. The number of nitrogens with zero attached hydrogens (tertiary/aromatic N) is 4. The van der Waals surface area contributed by atoms with Crippen LogP contribution in [0.25, 0.3) is 0 Å². The predicted molar refractivity (Wildman–Crippen MR) is 114 cm³/mol. The number of hydrogen-bond donors (Lipinski definition) is 1. The first-order valence-electron chi connectivity index (χ1n) is 9.94. The maximum atomic E-state index is 12.8. The van der Waals surface area contributed by atoms with E-state index >= 15 is 0 Å². The Hall–Kier alpha value is -2.93. The van der Waals surface area contributed by atoms with Crippen LogP contribution in [0, 0.1) is 0 Å². The fourth-order valence-corrected chi connectivity index (χ4v) is 3.51. The Balaban J connectivity index is 1.53. The van der Waals surface area contributed by atoms with E-state index in [1.807, 2.05) is 37.2 Å². The zero-order valence-corrected chi connectivity index (χ0v) is 17.3. The molecule has 7 nitrogen and oxygen atoms in total. The molecule has 154 valence electrons. The molecule has 1 saturated heterocycles. The van der Waals surface area contributed by atoms with Gasteiger partial charge in [-0.2, -0.15) is 0 Å². The van der Waals surface area contributed by atoms with Gasteiger partial charge in [0.1, 0.15) is 11.9 Å². The summed E-state index contributed by atoms with van der Waals surface area (Å²) < 4.78 is 0. The standard InChI is InChI=1S/C22H29N5O2/c1-17(24-21(28)19-10-7-11-23-20(19)25(2)3)22(29)27-14-12-26(13-15-27)16-18-8-5-4-6-9-18/h4-11,17H,12-16H2,1-3H3,(H,24,28)/t17-/m0/s1. The average molecular weight is 396 g/mol. The van der Waals surface area contributed by atoms with Crippen molar-refractivity contribution in [2.24, 2.45) is 0 Å². The molecular formula is C22H29N5O2. The summed E-state index contributed by atoms with van der Waals surface area (Å²) in [5.41, 5.74) is 1.74. The summed E-state index contributed by atoms with van der Waals surface area (Å²) >= 11 is 0. The highest BCUT2D eigenvalue weighted by atomic mass is 16.2. The molecule has 7 heteroatoms. The van der Waals surface area contributed by atoms with Crippen LogP contribution in [0.5, 0.6) is 0 Å². The van der Waals surface area contributed by atoms with Gasteiger partial charge in [-0.15, -0.1) is 0 Å². The van der Waals surface area contributed by atoms with Gasteiger partial charge in [0.15, 0.2) is 0 Å². The monoisotopic (exact) mass is 395 g/mol. The van der Waals surface area contributed by atoms with Crippen molar-refractivity contribution in [3.05, 3.63) is 59.8 Å². The Kier molecular flexibility index (Phi) is 6.82. The van der Waals surface area contributed by atoms with Gasteiger partial charge >= 0.3 is 0 Å². The normalized spacial score (nSPS) is 15.6. The van der Waals surface area contributed by atoms with Gasteiger partial charge in [0.2, 0.25) is 5.91 Å². The average Bonchev–Trinajstić information content (AvgIpc) is 2.74. The Bertz CT molecular complexity index is 832. The molecule has 0 spiro atoms. The zero-order chi connectivity index (χ0) is 20.8. The summed E-state index contributed by atoms with van der Waals surface area (Å²) in [6, 6.07) is 13.2. The van der Waals surface area contributed by atoms with E-state index in [1.165, 1.54) is 5.56 Å². The minimum Gasteiger partial charge on any atom is -0.362 e. The molecule has 0 aliphatic carbocycles. The summed E-state index contributed by atoms with van der Waals surface area (Å²) in [5.74, 6) is 0.248. The Morgan fingerprint density at radius 3 is 2.41 bits per heavy atom. The van der Waals surface area contributed by atoms with Crippen molar-refractivity contribution in [3.63, 3.8) is 0 Å². The number of carbonyl (C=O) groups excluding carboxylic acids is 2. The first-order valence-corrected chi connectivity index (χ1v) is 9.94. The third kappa shape index (κ3) is 5.32. The molecule has 0 unspecified atom stereocenters. The van der Waals surface area contributed by atoms with Crippen molar-refractivity contribution in [1.82, 2.24) is 20.1 Å². The van der Waals surface area contributed by atoms with Gasteiger partial charge < -0.3 is 15.1 Å². The van der Waals surface area contributed by atoms with Crippen molar-refractivity contribution < 1.29 is 9.59 Å². The van der Waals surface area contributed by atoms with Crippen molar-refractivity contribution >= 4 is 17.6 Å². The van der Waals surface area contributed by atoms with Crippen LogP contribution in [-0.4, -0.2) is 72.9 Å². The number of aromatic nitrogens is 1. The van der Waals surface area contributed by atoms with Gasteiger partial charge in [-0.1, -0.05) is 30.3 Å². The lowest BCUT2D eigenvalue weighted by Gasteiger charge is -2.36. The molecule has 2 heterocycles. The highest BCUT2D eigenvalue weighted by molar-refractivity contribution is 6.01. The van der Waals surface area contributed by atoms with Crippen molar-refractivity contribution in [2.75, 3.05) is 45.2 Å². The highest BCUT2D eigenvalue weighted by Gasteiger charge is 2.27. The van der Waals surface area contributed by atoms with Crippen LogP contribution in [0.4, 0.5) is 5.82 Å². The van der Waals surface area contributed by atoms with Gasteiger partial charge in [0, 0.05) is 53.0 Å². The number of hydrogen-bond acceptors (Lipinski definition) is 5. The summed E-state index contributed by atoms with van der Waals surface area (Å²) in [6.45, 7) is 5.62. The number of benzene rings is 1. The first kappa shape index (κ1) is 20.8. The van der Waals surface area contributed by atoms with Gasteiger partial charge in [0.05, 0.1) is 5.56 Å². The Morgan fingerprint density at radius 1 is 1.07 bits per heavy atom. The number of piperazine rings is 1. The molecule has 29 heavy (non-hydrogen) atoms. The summed E-state index contributed by atoms with van der Waals surface area (Å²) in [7, 11) is 3.67. The highest BCUT2D eigenvalue weighted by Crippen LogP contribution is 2.15. The number of nitrogens with one attached hydrogen (secondary N) is 1. The second kappa shape index (κ2) is 9.52. The fraction of sp³-hybridized carbons (Fsp3) is 0.409. The number of rotatable bonds is 6. The molecule has 1 fully saturated rings. The minimum absolute atomic E-state index is 0.0481. The van der Waals surface area contributed by atoms with Crippen LogP contribution >= 0.6 is 0 Å². The van der Waals surface area contributed by atoms with Crippen LogP contribution in [0.3, 0.4) is 0 Å². The predicted octanol–water partition coefficient (Wildman–Crippen LogP) is 1.61. The Labute approximate surface area is 172 Å². The summed E-state index contributed by atoms with van der Waals surface area (Å²) in [6.07, 6.45) is 1.65. The maximum absolute atomic E-state index is 12.8. The van der Waals surface area contributed by atoms with E-state index in [0.717, 1.165) is 19.6 Å². The van der Waals surface area contributed by atoms with Crippen molar-refractivity contribution in [2.45, 2.75) is 19.5 Å².